The van der Waals surface area contributed by atoms with Gasteiger partial charge in [0.1, 0.15) is 18.2 Å². The summed E-state index contributed by atoms with van der Waals surface area (Å²) in [6, 6.07) is 14.3. The SMILES string of the molecule is COC(=O)CCc1cccc(OCC2CN(c3cccc(C(=N)N)c3)C(=O)O2)c1. The van der Waals surface area contributed by atoms with Crippen molar-refractivity contribution >= 4 is 23.6 Å². The molecule has 1 amide bonds. The highest BCUT2D eigenvalue weighted by atomic mass is 16.6. The van der Waals surface area contributed by atoms with E-state index < -0.39 is 12.2 Å². The minimum Gasteiger partial charge on any atom is -0.490 e. The summed E-state index contributed by atoms with van der Waals surface area (Å²) in [5.41, 5.74) is 7.63. The second kappa shape index (κ2) is 9.09. The third kappa shape index (κ3) is 5.25. The second-order valence-corrected chi connectivity index (χ2v) is 6.61. The molecule has 0 aromatic heterocycles. The molecule has 1 saturated heterocycles. The maximum atomic E-state index is 12.2. The molecule has 0 bridgehead atoms. The van der Waals surface area contributed by atoms with Gasteiger partial charge in [0.25, 0.3) is 0 Å². The van der Waals surface area contributed by atoms with E-state index in [2.05, 4.69) is 4.74 Å². The molecule has 152 valence electrons. The Hall–Kier alpha value is -3.55. The zero-order valence-corrected chi connectivity index (χ0v) is 16.1. The number of aryl methyl sites for hydroxylation is 1. The Kier molecular flexibility index (Phi) is 6.33. The number of ether oxygens (including phenoxy) is 3. The minimum atomic E-state index is -0.467. The molecule has 29 heavy (non-hydrogen) atoms. The standard InChI is InChI=1S/C21H23N3O5/c1-27-19(25)9-8-14-4-2-7-17(10-14)28-13-18-12-24(21(26)29-18)16-6-3-5-15(11-16)20(22)23/h2-7,10-11,18H,8-9,12-13H2,1H3,(H3,22,23). The van der Waals surface area contributed by atoms with E-state index in [1.807, 2.05) is 24.3 Å². The number of hydrogen-bond donors (Lipinski definition) is 2. The Morgan fingerprint density at radius 2 is 2.07 bits per heavy atom. The predicted octanol–water partition coefficient (Wildman–Crippen LogP) is 2.48. The number of amides is 1. The summed E-state index contributed by atoms with van der Waals surface area (Å²) in [6.07, 6.45) is -0.0369. The first-order valence-corrected chi connectivity index (χ1v) is 9.17. The van der Waals surface area contributed by atoms with Gasteiger partial charge in [0.15, 0.2) is 6.10 Å². The van der Waals surface area contributed by atoms with Crippen molar-refractivity contribution in [3.8, 4) is 5.75 Å². The van der Waals surface area contributed by atoms with Crippen molar-refractivity contribution in [1.29, 1.82) is 5.41 Å². The van der Waals surface area contributed by atoms with E-state index in [0.29, 0.717) is 36.4 Å². The van der Waals surface area contributed by atoms with E-state index in [9.17, 15) is 9.59 Å². The number of methoxy groups -OCH3 is 1. The van der Waals surface area contributed by atoms with E-state index in [1.165, 1.54) is 12.0 Å². The lowest BCUT2D eigenvalue weighted by atomic mass is 10.1. The number of hydrogen-bond acceptors (Lipinski definition) is 6. The van der Waals surface area contributed by atoms with Gasteiger partial charge < -0.3 is 19.9 Å². The monoisotopic (exact) mass is 397 g/mol. The van der Waals surface area contributed by atoms with E-state index in [4.69, 9.17) is 20.6 Å². The van der Waals surface area contributed by atoms with Crippen molar-refractivity contribution in [2.24, 2.45) is 5.73 Å². The molecular formula is C21H23N3O5. The zero-order valence-electron chi connectivity index (χ0n) is 16.1. The summed E-state index contributed by atoms with van der Waals surface area (Å²) in [7, 11) is 1.37. The summed E-state index contributed by atoms with van der Waals surface area (Å²) >= 11 is 0. The first-order chi connectivity index (χ1) is 14.0. The maximum Gasteiger partial charge on any atom is 0.414 e. The lowest BCUT2D eigenvalue weighted by Gasteiger charge is -2.14. The molecular weight excluding hydrogens is 374 g/mol. The molecule has 8 heteroatoms. The molecule has 0 spiro atoms. The average Bonchev–Trinajstić information content (AvgIpc) is 3.11. The zero-order chi connectivity index (χ0) is 20.8. The van der Waals surface area contributed by atoms with Crippen LogP contribution in [0.3, 0.4) is 0 Å². The van der Waals surface area contributed by atoms with Gasteiger partial charge in [-0.25, -0.2) is 4.79 Å². The molecule has 1 atom stereocenters. The van der Waals surface area contributed by atoms with Crippen LogP contribution in [-0.4, -0.2) is 44.3 Å². The number of carbonyl (C=O) groups is 2. The van der Waals surface area contributed by atoms with Crippen molar-refractivity contribution < 1.29 is 23.8 Å². The van der Waals surface area contributed by atoms with Gasteiger partial charge in [0, 0.05) is 17.7 Å². The number of nitrogens with zero attached hydrogens (tertiary/aromatic N) is 1. The highest BCUT2D eigenvalue weighted by Crippen LogP contribution is 2.23. The molecule has 0 aliphatic carbocycles. The number of esters is 1. The van der Waals surface area contributed by atoms with Gasteiger partial charge in [-0.3, -0.25) is 15.1 Å². The van der Waals surface area contributed by atoms with Gasteiger partial charge in [0.2, 0.25) is 0 Å². The minimum absolute atomic E-state index is 0.0635. The predicted molar refractivity (Wildman–Crippen MR) is 107 cm³/mol. The van der Waals surface area contributed by atoms with Crippen molar-refractivity contribution in [2.45, 2.75) is 18.9 Å². The highest BCUT2D eigenvalue weighted by molar-refractivity contribution is 5.97. The van der Waals surface area contributed by atoms with Crippen LogP contribution in [0.4, 0.5) is 10.5 Å². The molecule has 0 radical (unpaired) electrons. The van der Waals surface area contributed by atoms with Gasteiger partial charge >= 0.3 is 12.1 Å². The van der Waals surface area contributed by atoms with E-state index in [0.717, 1.165) is 5.56 Å². The molecule has 1 fully saturated rings. The van der Waals surface area contributed by atoms with Crippen LogP contribution in [0, 0.1) is 5.41 Å². The van der Waals surface area contributed by atoms with Crippen LogP contribution >= 0.6 is 0 Å². The Bertz CT molecular complexity index is 915. The van der Waals surface area contributed by atoms with Crippen LogP contribution in [0.1, 0.15) is 17.5 Å². The summed E-state index contributed by atoms with van der Waals surface area (Å²) in [5.74, 6) is 0.315. The number of anilines is 1. The van der Waals surface area contributed by atoms with Crippen LogP contribution in [-0.2, 0) is 20.7 Å². The molecule has 1 unspecified atom stereocenters. The highest BCUT2D eigenvalue weighted by Gasteiger charge is 2.33. The smallest absolute Gasteiger partial charge is 0.414 e. The molecule has 1 aliphatic heterocycles. The van der Waals surface area contributed by atoms with Crippen LogP contribution in [0.15, 0.2) is 48.5 Å². The van der Waals surface area contributed by atoms with E-state index >= 15 is 0 Å². The summed E-state index contributed by atoms with van der Waals surface area (Å²) in [4.78, 5) is 25.0. The van der Waals surface area contributed by atoms with Gasteiger partial charge in [-0.15, -0.1) is 0 Å². The molecule has 1 heterocycles. The van der Waals surface area contributed by atoms with Gasteiger partial charge in [-0.1, -0.05) is 24.3 Å². The van der Waals surface area contributed by atoms with Crippen LogP contribution < -0.4 is 15.4 Å². The molecule has 0 saturated carbocycles. The van der Waals surface area contributed by atoms with Crippen LogP contribution in [0.25, 0.3) is 0 Å². The number of nitrogen functional groups attached to an aromatic ring is 1. The number of nitrogens with two attached hydrogens (primary N) is 1. The summed E-state index contributed by atoms with van der Waals surface area (Å²) in [6.45, 7) is 0.539. The Morgan fingerprint density at radius 1 is 1.28 bits per heavy atom. The lowest BCUT2D eigenvalue weighted by molar-refractivity contribution is -0.140. The fraction of sp³-hybridized carbons (Fsp3) is 0.286. The molecule has 2 aromatic carbocycles. The van der Waals surface area contributed by atoms with Gasteiger partial charge in [-0.2, -0.15) is 0 Å². The number of carbonyl (C=O) groups excluding carboxylic acids is 2. The van der Waals surface area contributed by atoms with Crippen molar-refractivity contribution in [2.75, 3.05) is 25.2 Å². The third-order valence-electron chi connectivity index (χ3n) is 4.52. The normalized spacial score (nSPS) is 15.7. The number of nitrogens with one attached hydrogen (secondary N) is 1. The maximum absolute atomic E-state index is 12.2. The second-order valence-electron chi connectivity index (χ2n) is 6.61. The first-order valence-electron chi connectivity index (χ1n) is 9.17. The molecule has 3 rings (SSSR count). The number of amidine groups is 1. The summed E-state index contributed by atoms with van der Waals surface area (Å²) < 4.78 is 15.8. The van der Waals surface area contributed by atoms with Gasteiger partial charge in [-0.05, 0) is 36.2 Å². The number of benzene rings is 2. The van der Waals surface area contributed by atoms with Crippen LogP contribution in [0.2, 0.25) is 0 Å². The Morgan fingerprint density at radius 3 is 2.83 bits per heavy atom. The Labute approximate surface area is 168 Å². The largest absolute Gasteiger partial charge is 0.490 e. The molecule has 1 aliphatic rings. The molecule has 3 N–H and O–H groups in total. The van der Waals surface area contributed by atoms with Crippen molar-refractivity contribution in [3.63, 3.8) is 0 Å². The quantitative estimate of drug-likeness (QED) is 0.402. The fourth-order valence-corrected chi connectivity index (χ4v) is 2.99. The fourth-order valence-electron chi connectivity index (χ4n) is 2.99. The van der Waals surface area contributed by atoms with Crippen LogP contribution in [0.5, 0.6) is 5.75 Å². The lowest BCUT2D eigenvalue weighted by Crippen LogP contribution is -2.27. The molecule has 8 nitrogen and oxygen atoms in total. The van der Waals surface area contributed by atoms with E-state index in [1.54, 1.807) is 24.3 Å². The third-order valence-corrected chi connectivity index (χ3v) is 4.52. The summed E-state index contributed by atoms with van der Waals surface area (Å²) in [5, 5.41) is 7.53. The Balaban J connectivity index is 1.57. The van der Waals surface area contributed by atoms with Crippen molar-refractivity contribution in [3.05, 3.63) is 59.7 Å². The molecule has 2 aromatic rings. The van der Waals surface area contributed by atoms with Crippen molar-refractivity contribution in [1.82, 2.24) is 0 Å². The topological polar surface area (TPSA) is 115 Å². The first kappa shape index (κ1) is 20.2. The average molecular weight is 397 g/mol. The number of cyclic esters (lactones) is 1. The van der Waals surface area contributed by atoms with Gasteiger partial charge in [0.05, 0.1) is 13.7 Å². The number of rotatable bonds is 8. The van der Waals surface area contributed by atoms with E-state index in [-0.39, 0.29) is 18.4 Å².